The number of carbonyl (C=O) groups is 1. The van der Waals surface area contributed by atoms with Crippen molar-refractivity contribution in [3.63, 3.8) is 0 Å². The highest BCUT2D eigenvalue weighted by Gasteiger charge is 2.44. The summed E-state index contributed by atoms with van der Waals surface area (Å²) >= 11 is 0. The van der Waals surface area contributed by atoms with Gasteiger partial charge in [-0.1, -0.05) is 30.3 Å². The number of fused-ring (bicyclic) bond motifs is 1. The summed E-state index contributed by atoms with van der Waals surface area (Å²) in [4.78, 5) is 12.5. The Kier molecular flexibility index (Phi) is 4.15. The number of alkyl halides is 3. The largest absolute Gasteiger partial charge is 0.471 e. The molecule has 0 saturated heterocycles. The molecule has 3 nitrogen and oxygen atoms in total. The Morgan fingerprint density at radius 1 is 1.13 bits per heavy atom. The van der Waals surface area contributed by atoms with Crippen molar-refractivity contribution in [1.82, 2.24) is 0 Å². The molecule has 23 heavy (non-hydrogen) atoms. The number of benzene rings is 1. The van der Waals surface area contributed by atoms with E-state index in [0.717, 1.165) is 24.8 Å². The minimum Gasteiger partial charge on any atom is -0.445 e. The first kappa shape index (κ1) is 15.6. The minimum absolute atomic E-state index is 0.0249. The van der Waals surface area contributed by atoms with Gasteiger partial charge in [-0.05, 0) is 30.4 Å². The summed E-state index contributed by atoms with van der Waals surface area (Å²) in [7, 11) is 0. The monoisotopic (exact) mass is 323 g/mol. The zero-order valence-corrected chi connectivity index (χ0v) is 12.4. The average molecular weight is 323 g/mol. The summed E-state index contributed by atoms with van der Waals surface area (Å²) < 4.78 is 44.4. The number of furan rings is 1. The number of hydrogen-bond donors (Lipinski definition) is 0. The fourth-order valence-corrected chi connectivity index (χ4v) is 2.78. The SMILES string of the molecule is O=C(N(Cc1ccccc1)c1cc2c(o1)CCCC2)C(F)(F)F. The predicted molar refractivity (Wildman–Crippen MR) is 79.0 cm³/mol. The maximum Gasteiger partial charge on any atom is 0.471 e. The summed E-state index contributed by atoms with van der Waals surface area (Å²) in [6.45, 7) is -0.175. The van der Waals surface area contributed by atoms with Crippen LogP contribution in [0.1, 0.15) is 29.7 Å². The van der Waals surface area contributed by atoms with Gasteiger partial charge in [0.05, 0.1) is 6.54 Å². The van der Waals surface area contributed by atoms with Crippen molar-refractivity contribution in [2.75, 3.05) is 4.90 Å². The highest BCUT2D eigenvalue weighted by molar-refractivity contribution is 5.96. The molecule has 0 N–H and O–H groups in total. The second-order valence-corrected chi connectivity index (χ2v) is 5.61. The number of carbonyl (C=O) groups excluding carboxylic acids is 1. The van der Waals surface area contributed by atoms with Gasteiger partial charge in [-0.2, -0.15) is 13.2 Å². The lowest BCUT2D eigenvalue weighted by Gasteiger charge is -2.21. The average Bonchev–Trinajstić information content (AvgIpc) is 2.95. The van der Waals surface area contributed by atoms with Gasteiger partial charge in [-0.25, -0.2) is 0 Å². The number of hydrogen-bond acceptors (Lipinski definition) is 2. The first-order valence-electron chi connectivity index (χ1n) is 7.49. The van der Waals surface area contributed by atoms with Gasteiger partial charge in [-0.3, -0.25) is 9.69 Å². The van der Waals surface area contributed by atoms with Gasteiger partial charge in [0.1, 0.15) is 5.76 Å². The van der Waals surface area contributed by atoms with Gasteiger partial charge >= 0.3 is 12.1 Å². The van der Waals surface area contributed by atoms with Crippen LogP contribution in [0.15, 0.2) is 40.8 Å². The lowest BCUT2D eigenvalue weighted by atomic mass is 9.99. The number of nitrogens with zero attached hydrogens (tertiary/aromatic N) is 1. The van der Waals surface area contributed by atoms with Gasteiger partial charge in [0, 0.05) is 12.5 Å². The third kappa shape index (κ3) is 3.41. The van der Waals surface area contributed by atoms with E-state index in [1.54, 1.807) is 36.4 Å². The van der Waals surface area contributed by atoms with Crippen molar-refractivity contribution in [2.45, 2.75) is 38.4 Å². The summed E-state index contributed by atoms with van der Waals surface area (Å²) in [6, 6.07) is 10.1. The number of rotatable bonds is 3. The molecule has 122 valence electrons. The third-order valence-electron chi connectivity index (χ3n) is 3.92. The first-order valence-corrected chi connectivity index (χ1v) is 7.49. The van der Waals surface area contributed by atoms with Crippen LogP contribution in [0.4, 0.5) is 19.1 Å². The quantitative estimate of drug-likeness (QED) is 0.846. The van der Waals surface area contributed by atoms with E-state index in [2.05, 4.69) is 0 Å². The van der Waals surface area contributed by atoms with Crippen LogP contribution >= 0.6 is 0 Å². The molecule has 1 heterocycles. The van der Waals surface area contributed by atoms with Crippen molar-refractivity contribution in [1.29, 1.82) is 0 Å². The van der Waals surface area contributed by atoms with E-state index < -0.39 is 12.1 Å². The summed E-state index contributed by atoms with van der Waals surface area (Å²) in [5, 5.41) is 0. The maximum atomic E-state index is 12.9. The molecule has 0 unspecified atom stereocenters. The fraction of sp³-hybridized carbons (Fsp3) is 0.353. The molecule has 0 saturated carbocycles. The zero-order valence-electron chi connectivity index (χ0n) is 12.4. The maximum absolute atomic E-state index is 12.9. The predicted octanol–water partition coefficient (Wildman–Crippen LogP) is 4.25. The van der Waals surface area contributed by atoms with Crippen LogP contribution in [0.3, 0.4) is 0 Å². The van der Waals surface area contributed by atoms with Crippen LogP contribution < -0.4 is 4.90 Å². The van der Waals surface area contributed by atoms with Gasteiger partial charge < -0.3 is 4.42 Å². The molecule has 0 fully saturated rings. The van der Waals surface area contributed by atoms with Crippen molar-refractivity contribution in [3.8, 4) is 0 Å². The Morgan fingerprint density at radius 3 is 2.48 bits per heavy atom. The molecule has 1 aliphatic carbocycles. The van der Waals surface area contributed by atoms with Gasteiger partial charge in [0.15, 0.2) is 0 Å². The molecule has 2 aromatic rings. The van der Waals surface area contributed by atoms with Crippen LogP contribution in [-0.2, 0) is 24.2 Å². The molecule has 1 amide bonds. The Morgan fingerprint density at radius 2 is 1.83 bits per heavy atom. The molecule has 0 atom stereocenters. The number of anilines is 1. The van der Waals surface area contributed by atoms with Crippen LogP contribution in [0.2, 0.25) is 0 Å². The third-order valence-corrected chi connectivity index (χ3v) is 3.92. The number of amides is 1. The molecule has 0 spiro atoms. The first-order chi connectivity index (χ1) is 10.9. The van der Waals surface area contributed by atoms with Gasteiger partial charge in [0.2, 0.25) is 5.88 Å². The van der Waals surface area contributed by atoms with E-state index in [9.17, 15) is 18.0 Å². The highest BCUT2D eigenvalue weighted by atomic mass is 19.4. The fourth-order valence-electron chi connectivity index (χ4n) is 2.78. The zero-order chi connectivity index (χ0) is 16.4. The number of aryl methyl sites for hydroxylation is 2. The van der Waals surface area contributed by atoms with E-state index >= 15 is 0 Å². The second-order valence-electron chi connectivity index (χ2n) is 5.61. The van der Waals surface area contributed by atoms with Crippen molar-refractivity contribution in [2.24, 2.45) is 0 Å². The highest BCUT2D eigenvalue weighted by Crippen LogP contribution is 2.32. The Hall–Kier alpha value is -2.24. The molecule has 0 radical (unpaired) electrons. The van der Waals surface area contributed by atoms with E-state index in [4.69, 9.17) is 4.42 Å². The van der Waals surface area contributed by atoms with E-state index in [1.807, 2.05) is 0 Å². The molecule has 1 aromatic carbocycles. The van der Waals surface area contributed by atoms with Gasteiger partial charge in [-0.15, -0.1) is 0 Å². The van der Waals surface area contributed by atoms with Crippen LogP contribution in [0, 0.1) is 0 Å². The van der Waals surface area contributed by atoms with Crippen molar-refractivity contribution in [3.05, 3.63) is 53.3 Å². The lowest BCUT2D eigenvalue weighted by Crippen LogP contribution is -2.40. The topological polar surface area (TPSA) is 33.5 Å². The van der Waals surface area contributed by atoms with Crippen LogP contribution in [0.5, 0.6) is 0 Å². The van der Waals surface area contributed by atoms with Gasteiger partial charge in [0.25, 0.3) is 0 Å². The Labute approximate surface area is 131 Å². The van der Waals surface area contributed by atoms with Crippen LogP contribution in [-0.4, -0.2) is 12.1 Å². The minimum atomic E-state index is -4.94. The molecule has 0 aliphatic heterocycles. The van der Waals surface area contributed by atoms with Crippen molar-refractivity contribution < 1.29 is 22.4 Å². The van der Waals surface area contributed by atoms with Crippen molar-refractivity contribution >= 4 is 11.8 Å². The normalized spacial score (nSPS) is 14.4. The number of halogens is 3. The summed E-state index contributed by atoms with van der Waals surface area (Å²) in [5.41, 5.74) is 1.51. The molecule has 1 aliphatic rings. The molecule has 0 bridgehead atoms. The van der Waals surface area contributed by atoms with E-state index in [-0.39, 0.29) is 12.4 Å². The molecule has 1 aromatic heterocycles. The summed E-state index contributed by atoms with van der Waals surface area (Å²) in [5.74, 6) is -1.24. The Bertz CT molecular complexity index is 668. The molecular weight excluding hydrogens is 307 g/mol. The van der Waals surface area contributed by atoms with E-state index in [1.165, 1.54) is 0 Å². The van der Waals surface area contributed by atoms with E-state index in [0.29, 0.717) is 22.6 Å². The Balaban J connectivity index is 1.94. The smallest absolute Gasteiger partial charge is 0.445 e. The lowest BCUT2D eigenvalue weighted by molar-refractivity contribution is -0.170. The second kappa shape index (κ2) is 6.10. The molecular formula is C17H16F3NO2. The molecule has 3 rings (SSSR count). The molecule has 6 heteroatoms. The summed E-state index contributed by atoms with van der Waals surface area (Å²) in [6.07, 6.45) is -1.53. The standard InChI is InChI=1S/C17H16F3NO2/c18-17(19,20)16(22)21(11-12-6-2-1-3-7-12)15-10-13-8-4-5-9-14(13)23-15/h1-3,6-7,10H,4-5,8-9,11H2. The van der Waals surface area contributed by atoms with Crippen LogP contribution in [0.25, 0.3) is 0 Å².